The van der Waals surface area contributed by atoms with E-state index in [1.807, 2.05) is 47.3 Å². The largest absolute Gasteiger partial charge is 0.489 e. The maximum absolute atomic E-state index is 12.3. The van der Waals surface area contributed by atoms with Gasteiger partial charge in [0.1, 0.15) is 0 Å². The molecule has 1 N–H and O–H groups in total. The maximum atomic E-state index is 12.3. The minimum absolute atomic E-state index is 0.0271. The summed E-state index contributed by atoms with van der Waals surface area (Å²) in [4.78, 5) is 12.3. The van der Waals surface area contributed by atoms with Crippen molar-refractivity contribution in [2.45, 2.75) is 25.8 Å². The standard InChI is InChI=1S/C22H22ClN3O3/c23-19-11-17(12-20-22(19)29-10-4-9-28-20)13-24-21(27)8-7-16-14-25-26(15-16)18-5-2-1-3-6-18/h1-3,5-6,11-12,14-15H,4,7-10,13H2,(H,24,27). The number of hydrogen-bond acceptors (Lipinski definition) is 4. The van der Waals surface area contributed by atoms with Crippen LogP contribution in [-0.4, -0.2) is 28.9 Å². The molecule has 0 aliphatic carbocycles. The van der Waals surface area contributed by atoms with Crippen molar-refractivity contribution in [1.29, 1.82) is 0 Å². The van der Waals surface area contributed by atoms with Crippen LogP contribution in [-0.2, 0) is 17.8 Å². The van der Waals surface area contributed by atoms with Crippen LogP contribution in [0.25, 0.3) is 5.69 Å². The molecule has 7 heteroatoms. The van der Waals surface area contributed by atoms with Gasteiger partial charge >= 0.3 is 0 Å². The Balaban J connectivity index is 1.30. The summed E-state index contributed by atoms with van der Waals surface area (Å²) in [6, 6.07) is 13.6. The summed E-state index contributed by atoms with van der Waals surface area (Å²) in [6.45, 7) is 1.57. The average Bonchev–Trinajstić information content (AvgIpc) is 3.09. The molecule has 1 aliphatic heterocycles. The second-order valence-electron chi connectivity index (χ2n) is 6.86. The second kappa shape index (κ2) is 9.01. The molecular weight excluding hydrogens is 390 g/mol. The number of rotatable bonds is 6. The number of aromatic nitrogens is 2. The molecule has 0 unspecified atom stereocenters. The van der Waals surface area contributed by atoms with Crippen molar-refractivity contribution < 1.29 is 14.3 Å². The van der Waals surface area contributed by atoms with E-state index in [-0.39, 0.29) is 5.91 Å². The summed E-state index contributed by atoms with van der Waals surface area (Å²) in [6.07, 6.45) is 5.58. The molecule has 29 heavy (non-hydrogen) atoms. The number of carbonyl (C=O) groups is 1. The van der Waals surface area contributed by atoms with Crippen molar-refractivity contribution in [2.24, 2.45) is 0 Å². The number of nitrogens with zero attached hydrogens (tertiary/aromatic N) is 2. The zero-order valence-corrected chi connectivity index (χ0v) is 16.7. The molecule has 1 amide bonds. The summed E-state index contributed by atoms with van der Waals surface area (Å²) >= 11 is 6.30. The number of para-hydroxylation sites is 1. The monoisotopic (exact) mass is 411 g/mol. The van der Waals surface area contributed by atoms with E-state index in [1.165, 1.54) is 0 Å². The maximum Gasteiger partial charge on any atom is 0.220 e. The van der Waals surface area contributed by atoms with E-state index in [1.54, 1.807) is 12.3 Å². The summed E-state index contributed by atoms with van der Waals surface area (Å²) in [5, 5.41) is 7.80. The van der Waals surface area contributed by atoms with Gasteiger partial charge in [0.2, 0.25) is 5.91 Å². The van der Waals surface area contributed by atoms with Gasteiger partial charge in [0, 0.05) is 25.6 Å². The third-order valence-corrected chi connectivity index (χ3v) is 4.93. The molecule has 0 fully saturated rings. The number of halogens is 1. The molecule has 2 aromatic carbocycles. The molecule has 0 atom stereocenters. The first-order chi connectivity index (χ1) is 14.2. The Hall–Kier alpha value is -2.99. The lowest BCUT2D eigenvalue weighted by Crippen LogP contribution is -2.23. The third kappa shape index (κ3) is 4.90. The van der Waals surface area contributed by atoms with Crippen molar-refractivity contribution in [3.8, 4) is 17.2 Å². The van der Waals surface area contributed by atoms with E-state index in [9.17, 15) is 4.79 Å². The van der Waals surface area contributed by atoms with E-state index in [0.29, 0.717) is 49.1 Å². The van der Waals surface area contributed by atoms with E-state index in [4.69, 9.17) is 21.1 Å². The highest BCUT2D eigenvalue weighted by atomic mass is 35.5. The van der Waals surface area contributed by atoms with Crippen LogP contribution in [0.5, 0.6) is 11.5 Å². The molecule has 1 aromatic heterocycles. The zero-order valence-electron chi connectivity index (χ0n) is 15.9. The van der Waals surface area contributed by atoms with Crippen molar-refractivity contribution in [3.05, 3.63) is 71.0 Å². The van der Waals surface area contributed by atoms with Crippen molar-refractivity contribution >= 4 is 17.5 Å². The fourth-order valence-corrected chi connectivity index (χ4v) is 3.43. The zero-order chi connectivity index (χ0) is 20.1. The van der Waals surface area contributed by atoms with Crippen LogP contribution >= 0.6 is 11.6 Å². The van der Waals surface area contributed by atoms with Gasteiger partial charge in [-0.3, -0.25) is 4.79 Å². The van der Waals surface area contributed by atoms with Gasteiger partial charge in [0.25, 0.3) is 0 Å². The Morgan fingerprint density at radius 1 is 1.14 bits per heavy atom. The van der Waals surface area contributed by atoms with Crippen LogP contribution in [0, 0.1) is 0 Å². The van der Waals surface area contributed by atoms with Crippen LogP contribution in [0.4, 0.5) is 0 Å². The number of fused-ring (bicyclic) bond motifs is 1. The fourth-order valence-electron chi connectivity index (χ4n) is 3.14. The molecule has 3 aromatic rings. The number of carbonyl (C=O) groups excluding carboxylic acids is 1. The number of benzene rings is 2. The van der Waals surface area contributed by atoms with Crippen LogP contribution < -0.4 is 14.8 Å². The molecule has 0 saturated carbocycles. The lowest BCUT2D eigenvalue weighted by Gasteiger charge is -2.12. The Labute approximate surface area is 174 Å². The first-order valence-corrected chi connectivity index (χ1v) is 10.0. The third-order valence-electron chi connectivity index (χ3n) is 4.65. The molecule has 1 aliphatic rings. The van der Waals surface area contributed by atoms with Crippen molar-refractivity contribution in [2.75, 3.05) is 13.2 Å². The lowest BCUT2D eigenvalue weighted by atomic mass is 10.1. The molecule has 0 spiro atoms. The minimum atomic E-state index is -0.0271. The summed E-state index contributed by atoms with van der Waals surface area (Å²) in [7, 11) is 0. The van der Waals surface area contributed by atoms with Crippen molar-refractivity contribution in [1.82, 2.24) is 15.1 Å². The molecule has 4 rings (SSSR count). The predicted octanol–water partition coefficient (Wildman–Crippen LogP) is 3.94. The van der Waals surface area contributed by atoms with Gasteiger partial charge in [-0.15, -0.1) is 0 Å². The smallest absolute Gasteiger partial charge is 0.220 e. The summed E-state index contributed by atoms with van der Waals surface area (Å²) in [5.41, 5.74) is 2.89. The van der Waals surface area contributed by atoms with Gasteiger partial charge in [-0.1, -0.05) is 29.8 Å². The molecule has 150 valence electrons. The van der Waals surface area contributed by atoms with Gasteiger partial charge in [0.05, 0.1) is 30.1 Å². The molecule has 6 nitrogen and oxygen atoms in total. The quantitative estimate of drug-likeness (QED) is 0.667. The number of amides is 1. The Kier molecular flexibility index (Phi) is 6.00. The van der Waals surface area contributed by atoms with Gasteiger partial charge in [-0.25, -0.2) is 4.68 Å². The summed E-state index contributed by atoms with van der Waals surface area (Å²) in [5.74, 6) is 1.18. The van der Waals surface area contributed by atoms with Gasteiger partial charge in [-0.2, -0.15) is 5.10 Å². The van der Waals surface area contributed by atoms with E-state index in [0.717, 1.165) is 23.2 Å². The summed E-state index contributed by atoms with van der Waals surface area (Å²) < 4.78 is 13.1. The van der Waals surface area contributed by atoms with E-state index in [2.05, 4.69) is 10.4 Å². The van der Waals surface area contributed by atoms with E-state index >= 15 is 0 Å². The number of aryl methyl sites for hydroxylation is 1. The highest BCUT2D eigenvalue weighted by molar-refractivity contribution is 6.32. The van der Waals surface area contributed by atoms with Crippen LogP contribution in [0.2, 0.25) is 5.02 Å². The van der Waals surface area contributed by atoms with E-state index < -0.39 is 0 Å². The Morgan fingerprint density at radius 3 is 2.83 bits per heavy atom. The lowest BCUT2D eigenvalue weighted by molar-refractivity contribution is -0.121. The van der Waals surface area contributed by atoms with Crippen LogP contribution in [0.3, 0.4) is 0 Å². The molecular formula is C22H22ClN3O3. The SMILES string of the molecule is O=C(CCc1cnn(-c2ccccc2)c1)NCc1cc(Cl)c2c(c1)OCCCO2. The molecule has 0 bridgehead atoms. The Bertz CT molecular complexity index is 988. The van der Waals surface area contributed by atoms with Crippen LogP contribution in [0.15, 0.2) is 54.9 Å². The van der Waals surface area contributed by atoms with Crippen LogP contribution in [0.1, 0.15) is 24.0 Å². The number of hydrogen-bond donors (Lipinski definition) is 1. The predicted molar refractivity (Wildman–Crippen MR) is 111 cm³/mol. The second-order valence-corrected chi connectivity index (χ2v) is 7.27. The highest BCUT2D eigenvalue weighted by Crippen LogP contribution is 2.37. The molecule has 0 saturated heterocycles. The molecule has 2 heterocycles. The first kappa shape index (κ1) is 19.3. The van der Waals surface area contributed by atoms with Gasteiger partial charge in [0.15, 0.2) is 11.5 Å². The Morgan fingerprint density at radius 2 is 1.97 bits per heavy atom. The van der Waals surface area contributed by atoms with Gasteiger partial charge in [-0.05, 0) is 41.8 Å². The topological polar surface area (TPSA) is 65.4 Å². The minimum Gasteiger partial charge on any atom is -0.489 e. The average molecular weight is 412 g/mol. The number of ether oxygens (including phenoxy) is 2. The van der Waals surface area contributed by atoms with Gasteiger partial charge < -0.3 is 14.8 Å². The van der Waals surface area contributed by atoms with Crippen molar-refractivity contribution in [3.63, 3.8) is 0 Å². The first-order valence-electron chi connectivity index (χ1n) is 9.63. The normalized spacial score (nSPS) is 13.0. The number of nitrogens with one attached hydrogen (secondary N) is 1. The molecule has 0 radical (unpaired) electrons. The fraction of sp³-hybridized carbons (Fsp3) is 0.273. The highest BCUT2D eigenvalue weighted by Gasteiger charge is 2.16.